The van der Waals surface area contributed by atoms with Crippen molar-refractivity contribution >= 4 is 17.3 Å². The van der Waals surface area contributed by atoms with Gasteiger partial charge in [-0.05, 0) is 54.3 Å². The molecule has 0 aliphatic heterocycles. The number of benzene rings is 2. The standard InChI is InChI=1S/C16H12ClFN2/c17-11-4-6-12(7-5-11)20-16(10-19)9-8-13-14(16)2-1-3-15(13)18/h1-7,20H,8-9H2. The van der Waals surface area contributed by atoms with E-state index in [2.05, 4.69) is 11.4 Å². The summed E-state index contributed by atoms with van der Waals surface area (Å²) in [4.78, 5) is 0. The van der Waals surface area contributed by atoms with Crippen LogP contribution in [0.25, 0.3) is 0 Å². The number of rotatable bonds is 2. The first-order valence-corrected chi connectivity index (χ1v) is 6.75. The van der Waals surface area contributed by atoms with Crippen LogP contribution < -0.4 is 5.32 Å². The minimum absolute atomic E-state index is 0.238. The molecule has 20 heavy (non-hydrogen) atoms. The van der Waals surface area contributed by atoms with Gasteiger partial charge < -0.3 is 5.32 Å². The van der Waals surface area contributed by atoms with Crippen LogP contribution in [0.3, 0.4) is 0 Å². The lowest BCUT2D eigenvalue weighted by molar-refractivity contribution is 0.609. The molecule has 2 nitrogen and oxygen atoms in total. The van der Waals surface area contributed by atoms with E-state index in [-0.39, 0.29) is 5.82 Å². The summed E-state index contributed by atoms with van der Waals surface area (Å²) in [6.07, 6.45) is 1.12. The third kappa shape index (κ3) is 2.03. The minimum Gasteiger partial charge on any atom is -0.364 e. The van der Waals surface area contributed by atoms with Gasteiger partial charge in [-0.15, -0.1) is 0 Å². The first kappa shape index (κ1) is 13.0. The Bertz CT molecular complexity index is 691. The van der Waals surface area contributed by atoms with Gasteiger partial charge in [0, 0.05) is 10.7 Å². The van der Waals surface area contributed by atoms with E-state index in [1.54, 1.807) is 18.2 Å². The zero-order valence-electron chi connectivity index (χ0n) is 10.7. The van der Waals surface area contributed by atoms with Crippen molar-refractivity contribution in [2.45, 2.75) is 18.4 Å². The van der Waals surface area contributed by atoms with Gasteiger partial charge in [-0.1, -0.05) is 23.7 Å². The van der Waals surface area contributed by atoms with Gasteiger partial charge in [0.1, 0.15) is 5.82 Å². The predicted molar refractivity (Wildman–Crippen MR) is 77.1 cm³/mol. The summed E-state index contributed by atoms with van der Waals surface area (Å²) in [5, 5.41) is 13.5. The predicted octanol–water partition coefficient (Wildman–Crippen LogP) is 4.26. The number of halogens is 2. The summed E-state index contributed by atoms with van der Waals surface area (Å²) in [6.45, 7) is 0. The number of anilines is 1. The van der Waals surface area contributed by atoms with Crippen molar-refractivity contribution in [1.82, 2.24) is 0 Å². The highest BCUT2D eigenvalue weighted by Crippen LogP contribution is 2.40. The quantitative estimate of drug-likeness (QED) is 0.895. The van der Waals surface area contributed by atoms with E-state index in [1.807, 2.05) is 18.2 Å². The van der Waals surface area contributed by atoms with E-state index in [4.69, 9.17) is 11.6 Å². The Morgan fingerprint density at radius 1 is 1.20 bits per heavy atom. The lowest BCUT2D eigenvalue weighted by atomic mass is 9.93. The largest absolute Gasteiger partial charge is 0.364 e. The Balaban J connectivity index is 2.01. The number of hydrogen-bond donors (Lipinski definition) is 1. The van der Waals surface area contributed by atoms with Crippen LogP contribution in [0.5, 0.6) is 0 Å². The van der Waals surface area contributed by atoms with Gasteiger partial charge in [0.15, 0.2) is 5.54 Å². The zero-order chi connectivity index (χ0) is 14.2. The van der Waals surface area contributed by atoms with Crippen molar-refractivity contribution in [3.8, 4) is 6.07 Å². The third-order valence-corrected chi connectivity index (χ3v) is 3.97. The van der Waals surface area contributed by atoms with Gasteiger partial charge in [0.05, 0.1) is 6.07 Å². The molecule has 1 N–H and O–H groups in total. The van der Waals surface area contributed by atoms with Crippen molar-refractivity contribution in [3.05, 3.63) is 64.4 Å². The summed E-state index contributed by atoms with van der Waals surface area (Å²) in [5.74, 6) is -0.238. The molecular formula is C16H12ClFN2. The van der Waals surface area contributed by atoms with Crippen LogP contribution >= 0.6 is 11.6 Å². The van der Waals surface area contributed by atoms with E-state index in [9.17, 15) is 9.65 Å². The molecule has 0 saturated heterocycles. The van der Waals surface area contributed by atoms with Crippen molar-refractivity contribution in [2.75, 3.05) is 5.32 Å². The molecule has 0 aromatic heterocycles. The van der Waals surface area contributed by atoms with E-state index >= 15 is 0 Å². The van der Waals surface area contributed by atoms with Crippen molar-refractivity contribution in [3.63, 3.8) is 0 Å². The lowest BCUT2D eigenvalue weighted by Crippen LogP contribution is -2.31. The van der Waals surface area contributed by atoms with Gasteiger partial charge in [0.2, 0.25) is 0 Å². The number of nitrogens with zero attached hydrogens (tertiary/aromatic N) is 1. The normalized spacial score (nSPS) is 20.2. The van der Waals surface area contributed by atoms with Crippen LogP contribution in [0.4, 0.5) is 10.1 Å². The molecule has 2 aromatic carbocycles. The molecule has 1 unspecified atom stereocenters. The van der Waals surface area contributed by atoms with Crippen molar-refractivity contribution in [1.29, 1.82) is 5.26 Å². The second-order valence-corrected chi connectivity index (χ2v) is 5.35. The van der Waals surface area contributed by atoms with Gasteiger partial charge in [0.25, 0.3) is 0 Å². The lowest BCUT2D eigenvalue weighted by Gasteiger charge is -2.25. The maximum absolute atomic E-state index is 13.8. The monoisotopic (exact) mass is 286 g/mol. The van der Waals surface area contributed by atoms with Gasteiger partial charge >= 0.3 is 0 Å². The fourth-order valence-corrected chi connectivity index (χ4v) is 2.84. The Kier molecular flexibility index (Phi) is 3.11. The summed E-state index contributed by atoms with van der Waals surface area (Å²) >= 11 is 5.86. The summed E-state index contributed by atoms with van der Waals surface area (Å²) in [6, 6.07) is 14.4. The molecule has 3 rings (SSSR count). The molecular weight excluding hydrogens is 275 g/mol. The number of nitriles is 1. The van der Waals surface area contributed by atoms with Gasteiger partial charge in [-0.3, -0.25) is 0 Å². The molecule has 0 fully saturated rings. The molecule has 1 aliphatic carbocycles. The van der Waals surface area contributed by atoms with E-state index in [0.717, 1.165) is 11.3 Å². The Labute approximate surface area is 121 Å². The van der Waals surface area contributed by atoms with Crippen LogP contribution in [0.1, 0.15) is 17.5 Å². The van der Waals surface area contributed by atoms with Crippen LogP contribution in [0.2, 0.25) is 5.02 Å². The molecule has 0 amide bonds. The highest BCUT2D eigenvalue weighted by atomic mass is 35.5. The topological polar surface area (TPSA) is 35.8 Å². The summed E-state index contributed by atoms with van der Waals surface area (Å²) in [5.41, 5.74) is 1.30. The molecule has 0 heterocycles. The molecule has 0 spiro atoms. The number of nitrogens with one attached hydrogen (secondary N) is 1. The highest BCUT2D eigenvalue weighted by Gasteiger charge is 2.40. The Morgan fingerprint density at radius 3 is 2.65 bits per heavy atom. The van der Waals surface area contributed by atoms with Crippen molar-refractivity contribution in [2.24, 2.45) is 0 Å². The zero-order valence-corrected chi connectivity index (χ0v) is 11.4. The molecule has 0 saturated carbocycles. The summed E-state index contributed by atoms with van der Waals surface area (Å²) in [7, 11) is 0. The smallest absolute Gasteiger partial charge is 0.151 e. The average Bonchev–Trinajstić information content (AvgIpc) is 2.83. The third-order valence-electron chi connectivity index (χ3n) is 3.72. The molecule has 1 aliphatic rings. The van der Waals surface area contributed by atoms with Crippen LogP contribution in [-0.4, -0.2) is 0 Å². The van der Waals surface area contributed by atoms with E-state index in [1.165, 1.54) is 6.07 Å². The maximum atomic E-state index is 13.8. The minimum atomic E-state index is -0.870. The van der Waals surface area contributed by atoms with Gasteiger partial charge in [-0.25, -0.2) is 4.39 Å². The van der Waals surface area contributed by atoms with Crippen LogP contribution in [0.15, 0.2) is 42.5 Å². The first-order valence-electron chi connectivity index (χ1n) is 6.37. The van der Waals surface area contributed by atoms with E-state index < -0.39 is 5.54 Å². The molecule has 2 aromatic rings. The van der Waals surface area contributed by atoms with Crippen LogP contribution in [0, 0.1) is 17.1 Å². The highest BCUT2D eigenvalue weighted by molar-refractivity contribution is 6.30. The second kappa shape index (κ2) is 4.81. The first-order chi connectivity index (χ1) is 9.64. The Morgan fingerprint density at radius 2 is 1.95 bits per heavy atom. The molecule has 4 heteroatoms. The SMILES string of the molecule is N#CC1(Nc2ccc(Cl)cc2)CCc2c(F)cccc21. The van der Waals surface area contributed by atoms with Crippen LogP contribution in [-0.2, 0) is 12.0 Å². The number of fused-ring (bicyclic) bond motifs is 1. The average molecular weight is 287 g/mol. The molecule has 100 valence electrons. The van der Waals surface area contributed by atoms with E-state index in [0.29, 0.717) is 23.4 Å². The maximum Gasteiger partial charge on any atom is 0.151 e. The molecule has 1 atom stereocenters. The molecule has 0 radical (unpaired) electrons. The number of hydrogen-bond acceptors (Lipinski definition) is 2. The second-order valence-electron chi connectivity index (χ2n) is 4.91. The van der Waals surface area contributed by atoms with Crippen molar-refractivity contribution < 1.29 is 4.39 Å². The molecule has 0 bridgehead atoms. The summed E-state index contributed by atoms with van der Waals surface area (Å²) < 4.78 is 13.8. The fourth-order valence-electron chi connectivity index (χ4n) is 2.71. The fraction of sp³-hybridized carbons (Fsp3) is 0.188. The Hall–Kier alpha value is -2.05. The van der Waals surface area contributed by atoms with Gasteiger partial charge in [-0.2, -0.15) is 5.26 Å².